The van der Waals surface area contributed by atoms with Gasteiger partial charge in [0.25, 0.3) is 0 Å². The lowest BCUT2D eigenvalue weighted by Gasteiger charge is -2.54. The van der Waals surface area contributed by atoms with Gasteiger partial charge < -0.3 is 28.8 Å². The van der Waals surface area contributed by atoms with Gasteiger partial charge in [0, 0.05) is 46.1 Å². The van der Waals surface area contributed by atoms with Gasteiger partial charge in [0.15, 0.2) is 5.60 Å². The van der Waals surface area contributed by atoms with Crippen molar-refractivity contribution in [1.82, 2.24) is 0 Å². The first-order chi connectivity index (χ1) is 16.6. The molecule has 1 N–H and O–H groups in total. The quantitative estimate of drug-likeness (QED) is 0.438. The Balaban J connectivity index is 2.24. The molecule has 2 bridgehead atoms. The maximum atomic E-state index is 12.4. The molecule has 0 spiro atoms. The Morgan fingerprint density at radius 1 is 0.972 bits per heavy atom. The molecule has 9 heteroatoms. The van der Waals surface area contributed by atoms with Crippen LogP contribution in [-0.4, -0.2) is 71.3 Å². The predicted octanol–water partition coefficient (Wildman–Crippen LogP) is 3.19. The smallest absolute Gasteiger partial charge is 0.303 e. The molecule has 36 heavy (non-hydrogen) atoms. The van der Waals surface area contributed by atoms with Gasteiger partial charge in [-0.15, -0.1) is 0 Å². The number of hydrogen-bond acceptors (Lipinski definition) is 9. The Morgan fingerprint density at radius 3 is 2.08 bits per heavy atom. The van der Waals surface area contributed by atoms with Crippen molar-refractivity contribution in [1.29, 1.82) is 0 Å². The summed E-state index contributed by atoms with van der Waals surface area (Å²) in [6.07, 6.45) is -0.708. The number of hydrogen-bond donors (Lipinski definition) is 1. The number of ether oxygens (including phenoxy) is 5. The van der Waals surface area contributed by atoms with Crippen molar-refractivity contribution < 1.29 is 43.2 Å². The molecule has 0 aromatic heterocycles. The van der Waals surface area contributed by atoms with Crippen LogP contribution in [0.1, 0.15) is 81.1 Å². The van der Waals surface area contributed by atoms with Crippen molar-refractivity contribution in [2.45, 2.75) is 122 Å². The van der Waals surface area contributed by atoms with Gasteiger partial charge in [-0.1, -0.05) is 13.8 Å². The van der Waals surface area contributed by atoms with E-state index in [0.717, 1.165) is 0 Å². The summed E-state index contributed by atoms with van der Waals surface area (Å²) in [4.78, 5) is 36.8. The van der Waals surface area contributed by atoms with Crippen LogP contribution in [0.4, 0.5) is 0 Å². The fourth-order valence-corrected chi connectivity index (χ4v) is 7.37. The van der Waals surface area contributed by atoms with E-state index in [9.17, 15) is 19.5 Å². The molecule has 1 aliphatic carbocycles. The van der Waals surface area contributed by atoms with E-state index in [2.05, 4.69) is 13.8 Å². The van der Waals surface area contributed by atoms with Crippen molar-refractivity contribution in [2.24, 2.45) is 23.7 Å². The molecule has 3 aliphatic rings. The highest BCUT2D eigenvalue weighted by Crippen LogP contribution is 2.59. The molecule has 1 saturated carbocycles. The Labute approximate surface area is 214 Å². The van der Waals surface area contributed by atoms with Gasteiger partial charge in [-0.05, 0) is 51.9 Å². The van der Waals surface area contributed by atoms with Crippen molar-refractivity contribution in [3.63, 3.8) is 0 Å². The zero-order valence-electron chi connectivity index (χ0n) is 23.2. The summed E-state index contributed by atoms with van der Waals surface area (Å²) in [7, 11) is 1.55. The number of aliphatic hydroxyl groups is 1. The fourth-order valence-electron chi connectivity index (χ4n) is 7.37. The van der Waals surface area contributed by atoms with Gasteiger partial charge in [-0.3, -0.25) is 14.4 Å². The van der Waals surface area contributed by atoms with E-state index in [1.54, 1.807) is 21.0 Å². The highest BCUT2D eigenvalue weighted by Gasteiger charge is 2.68. The number of esters is 3. The molecule has 2 aliphatic heterocycles. The van der Waals surface area contributed by atoms with E-state index in [1.165, 1.54) is 20.8 Å². The van der Waals surface area contributed by atoms with E-state index in [1.807, 2.05) is 6.92 Å². The van der Waals surface area contributed by atoms with Gasteiger partial charge >= 0.3 is 17.9 Å². The number of carbonyl (C=O) groups is 3. The first-order valence-electron chi connectivity index (χ1n) is 13.0. The van der Waals surface area contributed by atoms with E-state index in [0.29, 0.717) is 19.3 Å². The van der Waals surface area contributed by atoms with Gasteiger partial charge in [0.05, 0.1) is 17.8 Å². The standard InChI is InChI=1S/C27H44O9/c1-14(2)18-12-21(33-15(3)28)27(8,36-17(5)30)23-19-13-25(6,31)20(32-9)10-11-26(7,35-16(4)29)24(34-19)22(18)23/h14,18-24,31H,10-13H2,1-9H3/t18-,19-,20+,21+,22-,23-,24-,25+,26-,27-/m0/s1. The maximum absolute atomic E-state index is 12.4. The molecule has 2 heterocycles. The minimum absolute atomic E-state index is 0.0236. The first-order valence-corrected chi connectivity index (χ1v) is 13.0. The zero-order valence-corrected chi connectivity index (χ0v) is 23.2. The van der Waals surface area contributed by atoms with E-state index < -0.39 is 65.0 Å². The van der Waals surface area contributed by atoms with Crippen molar-refractivity contribution >= 4 is 17.9 Å². The Hall–Kier alpha value is -1.71. The minimum atomic E-state index is -1.26. The number of fused-ring (bicyclic) bond motifs is 5. The molecule has 0 aromatic carbocycles. The summed E-state index contributed by atoms with van der Waals surface area (Å²) in [6, 6.07) is 0. The molecule has 0 amide bonds. The van der Waals surface area contributed by atoms with Crippen LogP contribution in [0.5, 0.6) is 0 Å². The Morgan fingerprint density at radius 2 is 1.58 bits per heavy atom. The van der Waals surface area contributed by atoms with Gasteiger partial charge in [-0.2, -0.15) is 0 Å². The average Bonchev–Trinajstić information content (AvgIpc) is 3.09. The fraction of sp³-hybridized carbons (Fsp3) is 0.889. The molecule has 9 nitrogen and oxygen atoms in total. The Bertz CT molecular complexity index is 854. The summed E-state index contributed by atoms with van der Waals surface area (Å²) >= 11 is 0. The van der Waals surface area contributed by atoms with Crippen LogP contribution in [-0.2, 0) is 38.1 Å². The summed E-state index contributed by atoms with van der Waals surface area (Å²) in [6.45, 7) is 13.7. The lowest BCUT2D eigenvalue weighted by Crippen LogP contribution is -2.63. The number of rotatable bonds is 5. The summed E-state index contributed by atoms with van der Waals surface area (Å²) in [5.41, 5.74) is -3.47. The van der Waals surface area contributed by atoms with Crippen LogP contribution in [0.25, 0.3) is 0 Å². The first kappa shape index (κ1) is 28.9. The van der Waals surface area contributed by atoms with Crippen LogP contribution in [0.3, 0.4) is 0 Å². The second-order valence-electron chi connectivity index (χ2n) is 11.9. The third-order valence-electron chi connectivity index (χ3n) is 8.77. The second-order valence-corrected chi connectivity index (χ2v) is 11.9. The SMILES string of the molecule is CO[C@@H]1CC[C@](C)(OC(C)=O)[C@H]2O[C@@H](C[C@@]1(C)O)[C@H]1[C@@H]2[C@H](C(C)C)C[C@@H](OC(C)=O)[C@]1(C)OC(C)=O. The van der Waals surface area contributed by atoms with Crippen molar-refractivity contribution in [2.75, 3.05) is 7.11 Å². The summed E-state index contributed by atoms with van der Waals surface area (Å²) in [5.74, 6) is -1.76. The topological polar surface area (TPSA) is 118 Å². The highest BCUT2D eigenvalue weighted by molar-refractivity contribution is 5.68. The maximum Gasteiger partial charge on any atom is 0.303 e. The molecule has 2 saturated heterocycles. The van der Waals surface area contributed by atoms with E-state index in [4.69, 9.17) is 23.7 Å². The van der Waals surface area contributed by atoms with Gasteiger partial charge in [0.1, 0.15) is 17.8 Å². The average molecular weight is 513 g/mol. The van der Waals surface area contributed by atoms with Crippen LogP contribution < -0.4 is 0 Å². The molecule has 3 fully saturated rings. The van der Waals surface area contributed by atoms with Crippen LogP contribution in [0, 0.1) is 23.7 Å². The molecular weight excluding hydrogens is 468 g/mol. The van der Waals surface area contributed by atoms with Gasteiger partial charge in [-0.25, -0.2) is 0 Å². The molecule has 3 rings (SSSR count). The zero-order chi connectivity index (χ0) is 27.2. The molecular formula is C27H44O9. The summed E-state index contributed by atoms with van der Waals surface area (Å²) in [5, 5.41) is 11.6. The molecule has 0 unspecified atom stereocenters. The molecule has 206 valence electrons. The van der Waals surface area contributed by atoms with Gasteiger partial charge in [0.2, 0.25) is 0 Å². The van der Waals surface area contributed by atoms with E-state index >= 15 is 0 Å². The lowest BCUT2D eigenvalue weighted by molar-refractivity contribution is -0.218. The van der Waals surface area contributed by atoms with Crippen LogP contribution in [0.2, 0.25) is 0 Å². The second kappa shape index (κ2) is 10.2. The number of carbonyl (C=O) groups excluding carboxylic acids is 3. The van der Waals surface area contributed by atoms with E-state index in [-0.39, 0.29) is 24.2 Å². The Kier molecular flexibility index (Phi) is 8.19. The molecule has 0 radical (unpaired) electrons. The highest BCUT2D eigenvalue weighted by atomic mass is 16.6. The number of methoxy groups -OCH3 is 1. The van der Waals surface area contributed by atoms with Crippen LogP contribution in [0.15, 0.2) is 0 Å². The lowest BCUT2D eigenvalue weighted by atomic mass is 9.56. The normalized spacial score (nSPS) is 44.6. The van der Waals surface area contributed by atoms with Crippen LogP contribution >= 0.6 is 0 Å². The predicted molar refractivity (Wildman–Crippen MR) is 130 cm³/mol. The van der Waals surface area contributed by atoms with Crippen molar-refractivity contribution in [3.05, 3.63) is 0 Å². The monoisotopic (exact) mass is 512 g/mol. The third kappa shape index (κ3) is 5.29. The third-order valence-corrected chi connectivity index (χ3v) is 8.77. The van der Waals surface area contributed by atoms with Crippen molar-refractivity contribution in [3.8, 4) is 0 Å². The minimum Gasteiger partial charge on any atom is -0.458 e. The largest absolute Gasteiger partial charge is 0.458 e. The molecule has 10 atom stereocenters. The molecule has 0 aromatic rings. The summed E-state index contributed by atoms with van der Waals surface area (Å²) < 4.78 is 30.2.